The third kappa shape index (κ3) is 5.28. The molecule has 2 N–H and O–H groups in total. The Morgan fingerprint density at radius 2 is 2.18 bits per heavy atom. The number of hydrogen-bond acceptors (Lipinski definition) is 3. The van der Waals surface area contributed by atoms with Crippen molar-refractivity contribution in [3.05, 3.63) is 34.9 Å². The summed E-state index contributed by atoms with van der Waals surface area (Å²) in [6.07, 6.45) is 0.214. The Bertz CT molecular complexity index is 380. The number of rotatable bonds is 4. The van der Waals surface area contributed by atoms with Gasteiger partial charge in [0.05, 0.1) is 13.0 Å². The summed E-state index contributed by atoms with van der Waals surface area (Å²) in [7, 11) is 0. The molecular weight excluding hydrogens is 291 g/mol. The first-order valence-corrected chi connectivity index (χ1v) is 5.44. The van der Waals surface area contributed by atoms with Gasteiger partial charge in [-0.3, -0.25) is 4.79 Å². The standard InChI is InChI=1S/C13H18NO2.Y/c1-4-16-13(15)8-12(14)11-7-9(2)5-6-10(11)3;/h5,7,12H,4,8,14H2,1-3H3;/q-1;/t12-;/m0./s1. The molecule has 0 fully saturated rings. The molecule has 0 spiro atoms. The monoisotopic (exact) mass is 309 g/mol. The molecule has 17 heavy (non-hydrogen) atoms. The first-order chi connectivity index (χ1) is 7.54. The summed E-state index contributed by atoms with van der Waals surface area (Å²) in [5, 5.41) is 0. The van der Waals surface area contributed by atoms with Crippen molar-refractivity contribution in [2.75, 3.05) is 6.61 Å². The van der Waals surface area contributed by atoms with Crippen LogP contribution in [0.3, 0.4) is 0 Å². The number of benzene rings is 1. The molecule has 0 amide bonds. The molecule has 0 aliphatic heterocycles. The van der Waals surface area contributed by atoms with Crippen LogP contribution in [0.25, 0.3) is 0 Å². The average molecular weight is 309 g/mol. The second-order valence-corrected chi connectivity index (χ2v) is 3.87. The maximum atomic E-state index is 11.3. The van der Waals surface area contributed by atoms with E-state index in [1.807, 2.05) is 26.0 Å². The maximum Gasteiger partial charge on any atom is 0.306 e. The Balaban J connectivity index is 0.00000256. The van der Waals surface area contributed by atoms with Crippen LogP contribution in [0.4, 0.5) is 0 Å². The van der Waals surface area contributed by atoms with Crippen LogP contribution in [-0.4, -0.2) is 12.6 Å². The van der Waals surface area contributed by atoms with Crippen molar-refractivity contribution in [1.29, 1.82) is 0 Å². The van der Waals surface area contributed by atoms with Gasteiger partial charge in [-0.05, 0) is 13.0 Å². The predicted octanol–water partition coefficient (Wildman–Crippen LogP) is 2.05. The van der Waals surface area contributed by atoms with Gasteiger partial charge in [0.2, 0.25) is 0 Å². The Kier molecular flexibility index (Phi) is 7.85. The molecule has 1 radical (unpaired) electrons. The fourth-order valence-corrected chi connectivity index (χ4v) is 1.60. The third-order valence-electron chi connectivity index (χ3n) is 2.42. The molecule has 91 valence electrons. The number of hydrogen-bond donors (Lipinski definition) is 1. The number of carbonyl (C=O) groups excluding carboxylic acids is 1. The van der Waals surface area contributed by atoms with Crippen LogP contribution in [0, 0.1) is 19.9 Å². The Labute approximate surface area is 128 Å². The summed E-state index contributed by atoms with van der Waals surface area (Å²) in [5.74, 6) is -0.254. The number of esters is 1. The van der Waals surface area contributed by atoms with Gasteiger partial charge in [0, 0.05) is 32.7 Å². The van der Waals surface area contributed by atoms with Gasteiger partial charge in [-0.1, -0.05) is 13.8 Å². The minimum Gasteiger partial charge on any atom is -0.466 e. The summed E-state index contributed by atoms with van der Waals surface area (Å²) in [5.41, 5.74) is 9.03. The number of ether oxygens (including phenoxy) is 1. The van der Waals surface area contributed by atoms with E-state index in [-0.39, 0.29) is 51.1 Å². The number of nitrogens with two attached hydrogens (primary N) is 1. The van der Waals surface area contributed by atoms with E-state index in [4.69, 9.17) is 10.5 Å². The fraction of sp³-hybridized carbons (Fsp3) is 0.462. The van der Waals surface area contributed by atoms with Crippen molar-refractivity contribution in [3.63, 3.8) is 0 Å². The van der Waals surface area contributed by atoms with E-state index in [9.17, 15) is 4.79 Å². The van der Waals surface area contributed by atoms with E-state index < -0.39 is 0 Å². The summed E-state index contributed by atoms with van der Waals surface area (Å²) in [6, 6.07) is 6.72. The zero-order valence-electron chi connectivity index (χ0n) is 10.6. The van der Waals surface area contributed by atoms with Crippen LogP contribution in [0.1, 0.15) is 36.1 Å². The summed E-state index contributed by atoms with van der Waals surface area (Å²) >= 11 is 0. The molecule has 0 aliphatic rings. The van der Waals surface area contributed by atoms with E-state index in [0.29, 0.717) is 6.61 Å². The van der Waals surface area contributed by atoms with Gasteiger partial charge >= 0.3 is 5.97 Å². The van der Waals surface area contributed by atoms with Crippen molar-refractivity contribution in [3.8, 4) is 0 Å². The van der Waals surface area contributed by atoms with Crippen molar-refractivity contribution in [2.24, 2.45) is 5.73 Å². The number of carbonyl (C=O) groups is 1. The molecule has 0 bridgehead atoms. The van der Waals surface area contributed by atoms with Crippen LogP contribution >= 0.6 is 0 Å². The average Bonchev–Trinajstić information content (AvgIpc) is 2.21. The van der Waals surface area contributed by atoms with Gasteiger partial charge in [0.1, 0.15) is 0 Å². The van der Waals surface area contributed by atoms with Crippen molar-refractivity contribution in [1.82, 2.24) is 0 Å². The van der Waals surface area contributed by atoms with Crippen LogP contribution in [0.15, 0.2) is 12.1 Å². The van der Waals surface area contributed by atoms with E-state index in [1.165, 1.54) is 0 Å². The molecule has 0 aromatic heterocycles. The SMILES string of the molecule is CCOC(=O)C[C@H](N)c1cc(C)c[c-]c1C.[Y]. The predicted molar refractivity (Wildman–Crippen MR) is 62.9 cm³/mol. The van der Waals surface area contributed by atoms with Gasteiger partial charge in [0.15, 0.2) is 0 Å². The zero-order chi connectivity index (χ0) is 12.1. The Morgan fingerprint density at radius 1 is 1.53 bits per heavy atom. The van der Waals surface area contributed by atoms with Crippen molar-refractivity contribution >= 4 is 5.97 Å². The van der Waals surface area contributed by atoms with Gasteiger partial charge in [-0.25, -0.2) is 0 Å². The van der Waals surface area contributed by atoms with E-state index in [1.54, 1.807) is 6.92 Å². The third-order valence-corrected chi connectivity index (χ3v) is 2.42. The summed E-state index contributed by atoms with van der Waals surface area (Å²) in [4.78, 5) is 11.3. The first-order valence-electron chi connectivity index (χ1n) is 5.44. The van der Waals surface area contributed by atoms with Crippen LogP contribution < -0.4 is 5.73 Å². The van der Waals surface area contributed by atoms with E-state index in [0.717, 1.165) is 16.7 Å². The maximum absolute atomic E-state index is 11.3. The van der Waals surface area contributed by atoms with Crippen molar-refractivity contribution in [2.45, 2.75) is 33.2 Å². The van der Waals surface area contributed by atoms with Gasteiger partial charge in [0.25, 0.3) is 0 Å². The summed E-state index contributed by atoms with van der Waals surface area (Å²) < 4.78 is 4.87. The van der Waals surface area contributed by atoms with Gasteiger partial charge < -0.3 is 10.5 Å². The molecule has 1 aromatic carbocycles. The first kappa shape index (κ1) is 16.8. The molecule has 3 nitrogen and oxygen atoms in total. The van der Waals surface area contributed by atoms with Crippen LogP contribution in [0.2, 0.25) is 0 Å². The van der Waals surface area contributed by atoms with Crippen LogP contribution in [0.5, 0.6) is 0 Å². The quantitative estimate of drug-likeness (QED) is 0.684. The number of aryl methyl sites for hydroxylation is 2. The molecule has 1 aromatic rings. The molecule has 0 saturated heterocycles. The minimum absolute atomic E-state index is 0. The van der Waals surface area contributed by atoms with Gasteiger partial charge in [-0.2, -0.15) is 29.3 Å². The summed E-state index contributed by atoms with van der Waals surface area (Å²) in [6.45, 7) is 6.11. The molecule has 1 rings (SSSR count). The topological polar surface area (TPSA) is 52.3 Å². The fourth-order valence-electron chi connectivity index (χ4n) is 1.60. The Morgan fingerprint density at radius 3 is 2.76 bits per heavy atom. The Hall–Kier alpha value is -0.246. The van der Waals surface area contributed by atoms with E-state index in [2.05, 4.69) is 6.07 Å². The minimum atomic E-state index is -0.310. The molecular formula is C13H18NO2Y-. The van der Waals surface area contributed by atoms with E-state index >= 15 is 0 Å². The van der Waals surface area contributed by atoms with Crippen LogP contribution in [-0.2, 0) is 42.2 Å². The molecule has 1 atom stereocenters. The zero-order valence-corrected chi connectivity index (χ0v) is 13.5. The largest absolute Gasteiger partial charge is 0.466 e. The van der Waals surface area contributed by atoms with Gasteiger partial charge in [-0.15, -0.1) is 5.56 Å². The molecule has 0 saturated carbocycles. The second kappa shape index (κ2) is 7.96. The molecule has 0 heterocycles. The normalized spacial score (nSPS) is 11.5. The molecule has 4 heteroatoms. The second-order valence-electron chi connectivity index (χ2n) is 3.87. The van der Waals surface area contributed by atoms with Crippen molar-refractivity contribution < 1.29 is 42.2 Å². The molecule has 0 aliphatic carbocycles. The smallest absolute Gasteiger partial charge is 0.306 e. The molecule has 0 unspecified atom stereocenters.